The number of carbonyl (C=O) groups excluding carboxylic acids is 1. The van der Waals surface area contributed by atoms with Crippen LogP contribution in [0, 0.1) is 6.92 Å². The van der Waals surface area contributed by atoms with Crippen LogP contribution in [0.2, 0.25) is 0 Å². The molecule has 0 fully saturated rings. The molecule has 0 aromatic carbocycles. The van der Waals surface area contributed by atoms with Gasteiger partial charge in [-0.15, -0.1) is 0 Å². The molecule has 0 radical (unpaired) electrons. The lowest BCUT2D eigenvalue weighted by atomic mass is 10.1. The van der Waals surface area contributed by atoms with Crippen LogP contribution in [0.4, 0.5) is 5.95 Å². The van der Waals surface area contributed by atoms with Gasteiger partial charge in [-0.25, -0.2) is 5.10 Å². The molecule has 82 valence electrons. The molecule has 0 unspecified atom stereocenters. The van der Waals surface area contributed by atoms with Gasteiger partial charge >= 0.3 is 0 Å². The molecule has 0 aliphatic heterocycles. The maximum atomic E-state index is 11.6. The first-order valence-corrected chi connectivity index (χ1v) is 4.81. The van der Waals surface area contributed by atoms with E-state index in [-0.39, 0.29) is 12.3 Å². The van der Waals surface area contributed by atoms with Crippen molar-refractivity contribution in [1.29, 1.82) is 0 Å². The topological polar surface area (TPSA) is 83.6 Å². The van der Waals surface area contributed by atoms with Crippen LogP contribution < -0.4 is 5.32 Å². The van der Waals surface area contributed by atoms with E-state index in [1.54, 1.807) is 6.20 Å². The number of H-pyrrole nitrogens is 1. The quantitative estimate of drug-likeness (QED) is 0.792. The Morgan fingerprint density at radius 1 is 1.50 bits per heavy atom. The van der Waals surface area contributed by atoms with E-state index in [2.05, 4.69) is 25.5 Å². The van der Waals surface area contributed by atoms with Gasteiger partial charge in [-0.1, -0.05) is 6.07 Å². The largest absolute Gasteiger partial charge is 0.295 e. The monoisotopic (exact) mass is 217 g/mol. The highest BCUT2D eigenvalue weighted by Gasteiger charge is 2.08. The van der Waals surface area contributed by atoms with Gasteiger partial charge in [0.05, 0.1) is 12.1 Å². The van der Waals surface area contributed by atoms with Gasteiger partial charge < -0.3 is 0 Å². The normalized spacial score (nSPS) is 10.1. The maximum absolute atomic E-state index is 11.6. The molecule has 2 aromatic heterocycles. The van der Waals surface area contributed by atoms with Crippen LogP contribution in [0.1, 0.15) is 11.3 Å². The number of aryl methyl sites for hydroxylation is 1. The predicted octanol–water partition coefficient (Wildman–Crippen LogP) is 0.689. The highest BCUT2D eigenvalue weighted by Crippen LogP contribution is 2.05. The Balaban J connectivity index is 2.00. The van der Waals surface area contributed by atoms with Crippen LogP contribution in [-0.2, 0) is 11.2 Å². The number of aromatic amines is 1. The van der Waals surface area contributed by atoms with E-state index < -0.39 is 0 Å². The SMILES string of the molecule is Cc1cccnc1CC(=O)Nc1ncn[nH]1. The van der Waals surface area contributed by atoms with Crippen molar-refractivity contribution in [2.75, 3.05) is 5.32 Å². The first-order valence-electron chi connectivity index (χ1n) is 4.81. The summed E-state index contributed by atoms with van der Waals surface area (Å²) in [7, 11) is 0. The van der Waals surface area contributed by atoms with Crippen LogP contribution in [0.3, 0.4) is 0 Å². The van der Waals surface area contributed by atoms with Crippen molar-refractivity contribution < 1.29 is 4.79 Å². The van der Waals surface area contributed by atoms with Crippen molar-refractivity contribution in [3.05, 3.63) is 35.9 Å². The summed E-state index contributed by atoms with van der Waals surface area (Å²) in [4.78, 5) is 19.5. The van der Waals surface area contributed by atoms with Gasteiger partial charge in [0.15, 0.2) is 0 Å². The predicted molar refractivity (Wildman–Crippen MR) is 57.7 cm³/mol. The molecule has 1 amide bonds. The Morgan fingerprint density at radius 2 is 2.38 bits per heavy atom. The molecule has 2 heterocycles. The number of rotatable bonds is 3. The fourth-order valence-corrected chi connectivity index (χ4v) is 1.30. The van der Waals surface area contributed by atoms with E-state index in [0.717, 1.165) is 11.3 Å². The van der Waals surface area contributed by atoms with E-state index in [0.29, 0.717) is 5.95 Å². The molecule has 0 spiro atoms. The van der Waals surface area contributed by atoms with Gasteiger partial charge in [0.2, 0.25) is 11.9 Å². The van der Waals surface area contributed by atoms with Crippen LogP contribution in [0.5, 0.6) is 0 Å². The van der Waals surface area contributed by atoms with Gasteiger partial charge in [0.1, 0.15) is 6.33 Å². The smallest absolute Gasteiger partial charge is 0.232 e. The Hall–Kier alpha value is -2.24. The van der Waals surface area contributed by atoms with Gasteiger partial charge in [-0.2, -0.15) is 10.1 Å². The second-order valence-electron chi connectivity index (χ2n) is 3.33. The van der Waals surface area contributed by atoms with Crippen molar-refractivity contribution in [3.63, 3.8) is 0 Å². The molecular formula is C10H11N5O. The zero-order valence-corrected chi connectivity index (χ0v) is 8.77. The Morgan fingerprint density at radius 3 is 3.06 bits per heavy atom. The number of carbonyl (C=O) groups is 1. The molecular weight excluding hydrogens is 206 g/mol. The first-order chi connectivity index (χ1) is 7.75. The van der Waals surface area contributed by atoms with E-state index in [4.69, 9.17) is 0 Å². The summed E-state index contributed by atoms with van der Waals surface area (Å²) in [6.07, 6.45) is 3.24. The van der Waals surface area contributed by atoms with Crippen molar-refractivity contribution in [2.45, 2.75) is 13.3 Å². The Kier molecular flexibility index (Phi) is 2.90. The number of aromatic nitrogens is 4. The minimum atomic E-state index is -0.168. The average Bonchev–Trinajstić information content (AvgIpc) is 2.74. The lowest BCUT2D eigenvalue weighted by Crippen LogP contribution is -2.16. The lowest BCUT2D eigenvalue weighted by molar-refractivity contribution is -0.115. The van der Waals surface area contributed by atoms with Gasteiger partial charge in [0.25, 0.3) is 0 Å². The molecule has 2 aromatic rings. The average molecular weight is 217 g/mol. The van der Waals surface area contributed by atoms with Crippen molar-refractivity contribution in [2.24, 2.45) is 0 Å². The molecule has 0 atom stereocenters. The van der Waals surface area contributed by atoms with Gasteiger partial charge in [-0.05, 0) is 18.6 Å². The maximum Gasteiger partial charge on any atom is 0.232 e. The number of nitrogens with one attached hydrogen (secondary N) is 2. The van der Waals surface area contributed by atoms with E-state index in [1.165, 1.54) is 6.33 Å². The molecule has 0 aliphatic carbocycles. The number of anilines is 1. The van der Waals surface area contributed by atoms with Gasteiger partial charge in [-0.3, -0.25) is 15.1 Å². The van der Waals surface area contributed by atoms with E-state index >= 15 is 0 Å². The molecule has 6 heteroatoms. The fourth-order valence-electron chi connectivity index (χ4n) is 1.30. The standard InChI is InChI=1S/C10H11N5O/c1-7-3-2-4-11-8(7)5-9(16)14-10-12-6-13-15-10/h2-4,6H,5H2,1H3,(H2,12,13,14,15,16). The zero-order valence-electron chi connectivity index (χ0n) is 8.77. The summed E-state index contributed by atoms with van der Waals surface area (Å²) in [5.74, 6) is 0.178. The molecule has 2 N–H and O–H groups in total. The number of nitrogens with zero attached hydrogens (tertiary/aromatic N) is 3. The number of pyridine rings is 1. The first kappa shape index (κ1) is 10.3. The second kappa shape index (κ2) is 4.52. The van der Waals surface area contributed by atoms with E-state index in [9.17, 15) is 4.79 Å². The summed E-state index contributed by atoms with van der Waals surface area (Å²) in [5, 5.41) is 8.78. The van der Waals surface area contributed by atoms with Crippen LogP contribution in [-0.4, -0.2) is 26.1 Å². The minimum Gasteiger partial charge on any atom is -0.295 e. The van der Waals surface area contributed by atoms with E-state index in [1.807, 2.05) is 19.1 Å². The summed E-state index contributed by atoms with van der Waals surface area (Å²) in [6, 6.07) is 3.76. The molecule has 0 saturated heterocycles. The molecule has 0 bridgehead atoms. The molecule has 0 saturated carbocycles. The van der Waals surface area contributed by atoms with Gasteiger partial charge in [0, 0.05) is 6.20 Å². The molecule has 6 nitrogen and oxygen atoms in total. The third-order valence-corrected chi connectivity index (χ3v) is 2.12. The molecule has 0 aliphatic rings. The lowest BCUT2D eigenvalue weighted by Gasteiger charge is -2.03. The van der Waals surface area contributed by atoms with Crippen LogP contribution >= 0.6 is 0 Å². The summed E-state index contributed by atoms with van der Waals surface area (Å²) in [6.45, 7) is 1.92. The van der Waals surface area contributed by atoms with Crippen molar-refractivity contribution in [1.82, 2.24) is 20.2 Å². The summed E-state index contributed by atoms with van der Waals surface area (Å²) in [5.41, 5.74) is 1.76. The highest BCUT2D eigenvalue weighted by molar-refractivity contribution is 5.90. The Labute approximate surface area is 92.1 Å². The third-order valence-electron chi connectivity index (χ3n) is 2.12. The van der Waals surface area contributed by atoms with Crippen molar-refractivity contribution >= 4 is 11.9 Å². The molecule has 2 rings (SSSR count). The van der Waals surface area contributed by atoms with Crippen molar-refractivity contribution in [3.8, 4) is 0 Å². The second-order valence-corrected chi connectivity index (χ2v) is 3.33. The molecule has 16 heavy (non-hydrogen) atoms. The van der Waals surface area contributed by atoms with Crippen LogP contribution in [0.25, 0.3) is 0 Å². The zero-order chi connectivity index (χ0) is 11.4. The van der Waals surface area contributed by atoms with Crippen LogP contribution in [0.15, 0.2) is 24.7 Å². The highest BCUT2D eigenvalue weighted by atomic mass is 16.1. The number of amides is 1. The number of hydrogen-bond acceptors (Lipinski definition) is 4. The minimum absolute atomic E-state index is 0.168. The summed E-state index contributed by atoms with van der Waals surface area (Å²) < 4.78 is 0. The fraction of sp³-hybridized carbons (Fsp3) is 0.200. The Bertz CT molecular complexity index is 480. The third kappa shape index (κ3) is 2.41. The number of hydrogen-bond donors (Lipinski definition) is 2. The summed E-state index contributed by atoms with van der Waals surface area (Å²) >= 11 is 0.